The van der Waals surface area contributed by atoms with Crippen molar-refractivity contribution in [2.45, 2.75) is 32.9 Å². The fourth-order valence-electron chi connectivity index (χ4n) is 2.42. The third kappa shape index (κ3) is 3.61. The Morgan fingerprint density at radius 1 is 1.52 bits per heavy atom. The van der Waals surface area contributed by atoms with Gasteiger partial charge in [0, 0.05) is 0 Å². The van der Waals surface area contributed by atoms with Crippen molar-refractivity contribution in [3.05, 3.63) is 35.4 Å². The van der Waals surface area contributed by atoms with Crippen molar-refractivity contribution >= 4 is 11.9 Å². The van der Waals surface area contributed by atoms with Crippen LogP contribution in [0, 0.1) is 6.92 Å². The van der Waals surface area contributed by atoms with Crippen LogP contribution in [0.15, 0.2) is 24.3 Å². The number of esters is 1. The molecule has 0 spiro atoms. The summed E-state index contributed by atoms with van der Waals surface area (Å²) in [5.41, 5.74) is 2.15. The number of aryl methyl sites for hydroxylation is 1. The summed E-state index contributed by atoms with van der Waals surface area (Å²) >= 11 is 0. The molecule has 1 amide bonds. The number of hydrogen-bond acceptors (Lipinski definition) is 4. The number of hydrogen-bond donors (Lipinski definition) is 0. The quantitative estimate of drug-likeness (QED) is 0.794. The third-order valence-corrected chi connectivity index (χ3v) is 3.60. The summed E-state index contributed by atoms with van der Waals surface area (Å²) in [7, 11) is 0. The van der Waals surface area contributed by atoms with Crippen LogP contribution in [-0.2, 0) is 19.1 Å². The number of morpholine rings is 1. The Morgan fingerprint density at radius 2 is 2.29 bits per heavy atom. The van der Waals surface area contributed by atoms with Crippen molar-refractivity contribution in [3.63, 3.8) is 0 Å². The highest BCUT2D eigenvalue weighted by Crippen LogP contribution is 2.24. The zero-order valence-corrected chi connectivity index (χ0v) is 12.7. The van der Waals surface area contributed by atoms with E-state index in [1.165, 1.54) is 4.90 Å². The lowest BCUT2D eigenvalue weighted by Crippen LogP contribution is -2.51. The molecular weight excluding hydrogens is 270 g/mol. The third-order valence-electron chi connectivity index (χ3n) is 3.60. The van der Waals surface area contributed by atoms with Gasteiger partial charge >= 0.3 is 5.97 Å². The van der Waals surface area contributed by atoms with Crippen LogP contribution in [0.2, 0.25) is 0 Å². The molecule has 0 radical (unpaired) electrons. The average Bonchev–Trinajstić information content (AvgIpc) is 2.47. The van der Waals surface area contributed by atoms with E-state index >= 15 is 0 Å². The highest BCUT2D eigenvalue weighted by atomic mass is 16.5. The van der Waals surface area contributed by atoms with Crippen LogP contribution < -0.4 is 0 Å². The SMILES string of the molecule is CCOC(=O)C(C)N1CC(c2cccc(C)c2)OCC1=O. The lowest BCUT2D eigenvalue weighted by atomic mass is 10.0. The normalized spacial score (nSPS) is 20.2. The number of ether oxygens (including phenoxy) is 2. The predicted molar refractivity (Wildman–Crippen MR) is 77.7 cm³/mol. The first-order chi connectivity index (χ1) is 10.0. The summed E-state index contributed by atoms with van der Waals surface area (Å²) < 4.78 is 10.6. The van der Waals surface area contributed by atoms with E-state index in [-0.39, 0.29) is 24.6 Å². The second-order valence-electron chi connectivity index (χ2n) is 5.19. The van der Waals surface area contributed by atoms with Gasteiger partial charge in [0.15, 0.2) is 0 Å². The zero-order chi connectivity index (χ0) is 15.4. The lowest BCUT2D eigenvalue weighted by molar-refractivity contribution is -0.164. The summed E-state index contributed by atoms with van der Waals surface area (Å²) in [4.78, 5) is 25.3. The fraction of sp³-hybridized carbons (Fsp3) is 0.500. The number of rotatable bonds is 4. The maximum atomic E-state index is 12.0. The lowest BCUT2D eigenvalue weighted by Gasteiger charge is -2.35. The van der Waals surface area contributed by atoms with Gasteiger partial charge in [-0.3, -0.25) is 4.79 Å². The second kappa shape index (κ2) is 6.72. The van der Waals surface area contributed by atoms with Crippen LogP contribution in [0.25, 0.3) is 0 Å². The first-order valence-electron chi connectivity index (χ1n) is 7.17. The van der Waals surface area contributed by atoms with E-state index in [1.807, 2.05) is 31.2 Å². The summed E-state index contributed by atoms with van der Waals surface area (Å²) in [6.07, 6.45) is -0.209. The molecule has 1 fully saturated rings. The molecule has 1 aromatic carbocycles. The molecule has 0 bridgehead atoms. The van der Waals surface area contributed by atoms with Crippen LogP contribution in [-0.4, -0.2) is 42.6 Å². The van der Waals surface area contributed by atoms with Crippen molar-refractivity contribution in [1.82, 2.24) is 4.90 Å². The van der Waals surface area contributed by atoms with Gasteiger partial charge in [0.1, 0.15) is 18.8 Å². The van der Waals surface area contributed by atoms with Crippen molar-refractivity contribution < 1.29 is 19.1 Å². The van der Waals surface area contributed by atoms with Crippen molar-refractivity contribution in [2.75, 3.05) is 19.8 Å². The highest BCUT2D eigenvalue weighted by Gasteiger charge is 2.34. The molecule has 2 atom stereocenters. The van der Waals surface area contributed by atoms with E-state index in [4.69, 9.17) is 9.47 Å². The minimum absolute atomic E-state index is 0.0116. The maximum absolute atomic E-state index is 12.0. The van der Waals surface area contributed by atoms with Gasteiger partial charge in [0.25, 0.3) is 0 Å². The molecular formula is C16H21NO4. The second-order valence-corrected chi connectivity index (χ2v) is 5.19. The minimum Gasteiger partial charge on any atom is -0.464 e. The first-order valence-corrected chi connectivity index (χ1v) is 7.17. The zero-order valence-electron chi connectivity index (χ0n) is 12.7. The first kappa shape index (κ1) is 15.5. The van der Waals surface area contributed by atoms with Crippen LogP contribution in [0.3, 0.4) is 0 Å². The largest absolute Gasteiger partial charge is 0.464 e. The molecule has 1 aliphatic rings. The van der Waals surface area contributed by atoms with Gasteiger partial charge in [-0.05, 0) is 26.3 Å². The Balaban J connectivity index is 2.12. The Labute approximate surface area is 124 Å². The number of carbonyl (C=O) groups is 2. The summed E-state index contributed by atoms with van der Waals surface area (Å²) in [5, 5.41) is 0. The van der Waals surface area contributed by atoms with Gasteiger partial charge in [-0.2, -0.15) is 0 Å². The van der Waals surface area contributed by atoms with Gasteiger partial charge in [0.2, 0.25) is 5.91 Å². The Morgan fingerprint density at radius 3 is 2.95 bits per heavy atom. The molecule has 1 heterocycles. The van der Waals surface area contributed by atoms with Gasteiger partial charge in [-0.15, -0.1) is 0 Å². The van der Waals surface area contributed by atoms with E-state index < -0.39 is 6.04 Å². The number of nitrogens with zero attached hydrogens (tertiary/aromatic N) is 1. The van der Waals surface area contributed by atoms with E-state index in [9.17, 15) is 9.59 Å². The number of benzene rings is 1. The van der Waals surface area contributed by atoms with Crippen molar-refractivity contribution in [3.8, 4) is 0 Å². The molecule has 21 heavy (non-hydrogen) atoms. The molecule has 5 heteroatoms. The molecule has 0 aromatic heterocycles. The standard InChI is InChI=1S/C16H21NO4/c1-4-20-16(19)12(3)17-9-14(21-10-15(17)18)13-7-5-6-11(2)8-13/h5-8,12,14H,4,9-10H2,1-3H3. The number of carbonyl (C=O) groups excluding carboxylic acids is 2. The van der Waals surface area contributed by atoms with Crippen molar-refractivity contribution in [1.29, 1.82) is 0 Å². The summed E-state index contributed by atoms with van der Waals surface area (Å²) in [6, 6.07) is 7.39. The van der Waals surface area contributed by atoms with Gasteiger partial charge < -0.3 is 14.4 Å². The minimum atomic E-state index is -0.589. The van der Waals surface area contributed by atoms with E-state index in [0.29, 0.717) is 13.2 Å². The van der Waals surface area contributed by atoms with Crippen molar-refractivity contribution in [2.24, 2.45) is 0 Å². The van der Waals surface area contributed by atoms with Crippen LogP contribution in [0.5, 0.6) is 0 Å². The Kier molecular flexibility index (Phi) is 4.96. The van der Waals surface area contributed by atoms with Crippen LogP contribution in [0.4, 0.5) is 0 Å². The molecule has 1 saturated heterocycles. The molecule has 1 aliphatic heterocycles. The van der Waals surface area contributed by atoms with Crippen LogP contribution in [0.1, 0.15) is 31.1 Å². The molecule has 1 aromatic rings. The van der Waals surface area contributed by atoms with Crippen LogP contribution >= 0.6 is 0 Å². The molecule has 5 nitrogen and oxygen atoms in total. The summed E-state index contributed by atoms with van der Waals surface area (Å²) in [5.74, 6) is -0.560. The Hall–Kier alpha value is -1.88. The monoisotopic (exact) mass is 291 g/mol. The molecule has 2 rings (SSSR count). The van der Waals surface area contributed by atoms with E-state index in [0.717, 1.165) is 11.1 Å². The smallest absolute Gasteiger partial charge is 0.328 e. The van der Waals surface area contributed by atoms with Gasteiger partial charge in [0.05, 0.1) is 13.2 Å². The van der Waals surface area contributed by atoms with E-state index in [1.54, 1.807) is 13.8 Å². The molecule has 114 valence electrons. The topological polar surface area (TPSA) is 55.8 Å². The highest BCUT2D eigenvalue weighted by molar-refractivity contribution is 5.85. The summed E-state index contributed by atoms with van der Waals surface area (Å²) in [6.45, 7) is 6.11. The van der Waals surface area contributed by atoms with Gasteiger partial charge in [-0.1, -0.05) is 29.8 Å². The molecule has 2 unspecified atom stereocenters. The molecule has 0 aliphatic carbocycles. The molecule has 0 saturated carbocycles. The maximum Gasteiger partial charge on any atom is 0.328 e. The molecule has 0 N–H and O–H groups in total. The van der Waals surface area contributed by atoms with E-state index in [2.05, 4.69) is 0 Å². The fourth-order valence-corrected chi connectivity index (χ4v) is 2.42. The predicted octanol–water partition coefficient (Wildman–Crippen LogP) is 1.85. The average molecular weight is 291 g/mol. The Bertz CT molecular complexity index is 529. The van der Waals surface area contributed by atoms with Gasteiger partial charge in [-0.25, -0.2) is 4.79 Å². The number of amides is 1.